The van der Waals surface area contributed by atoms with E-state index in [1.54, 1.807) is 29.9 Å². The van der Waals surface area contributed by atoms with E-state index in [1.807, 2.05) is 26.8 Å². The van der Waals surface area contributed by atoms with Crippen LogP contribution in [-0.4, -0.2) is 25.9 Å². The third kappa shape index (κ3) is 2.16. The van der Waals surface area contributed by atoms with Crippen LogP contribution in [0.1, 0.15) is 29.9 Å². The molecule has 0 aromatic carbocycles. The van der Waals surface area contributed by atoms with E-state index in [4.69, 9.17) is 0 Å². The van der Waals surface area contributed by atoms with Crippen LogP contribution in [0.25, 0.3) is 16.7 Å². The quantitative estimate of drug-likeness (QED) is 0.782. The molecule has 6 nitrogen and oxygen atoms in total. The minimum absolute atomic E-state index is 0.0290. The fourth-order valence-corrected chi connectivity index (χ4v) is 2.53. The molecule has 0 bridgehead atoms. The molecular formula is C16H18N4O2. The van der Waals surface area contributed by atoms with E-state index in [-0.39, 0.29) is 17.5 Å². The largest absolute Gasteiger partial charge is 0.349 e. The Balaban J connectivity index is 2.30. The minimum Gasteiger partial charge on any atom is -0.349 e. The van der Waals surface area contributed by atoms with E-state index in [9.17, 15) is 9.59 Å². The highest BCUT2D eigenvalue weighted by molar-refractivity contribution is 5.98. The summed E-state index contributed by atoms with van der Waals surface area (Å²) in [6.07, 6.45) is 1.75. The summed E-state index contributed by atoms with van der Waals surface area (Å²) in [5.41, 5.74) is 2.33. The average Bonchev–Trinajstić information content (AvgIpc) is 2.77. The monoisotopic (exact) mass is 298 g/mol. The molecule has 0 aliphatic heterocycles. The lowest BCUT2D eigenvalue weighted by molar-refractivity contribution is 0.0935. The van der Waals surface area contributed by atoms with Crippen molar-refractivity contribution < 1.29 is 4.79 Å². The van der Waals surface area contributed by atoms with Gasteiger partial charge in [0.25, 0.3) is 11.5 Å². The van der Waals surface area contributed by atoms with Gasteiger partial charge in [-0.1, -0.05) is 6.07 Å². The summed E-state index contributed by atoms with van der Waals surface area (Å²) in [5.74, 6) is -0.208. The fraction of sp³-hybridized carbons (Fsp3) is 0.312. The van der Waals surface area contributed by atoms with Crippen molar-refractivity contribution in [1.29, 1.82) is 0 Å². The molecule has 0 atom stereocenters. The van der Waals surface area contributed by atoms with Crippen molar-refractivity contribution in [3.63, 3.8) is 0 Å². The first-order valence-corrected chi connectivity index (χ1v) is 7.18. The summed E-state index contributed by atoms with van der Waals surface area (Å²) in [5, 5.41) is 3.28. The molecule has 0 radical (unpaired) electrons. The summed E-state index contributed by atoms with van der Waals surface area (Å²) in [6.45, 7) is 5.71. The first kappa shape index (κ1) is 14.3. The van der Waals surface area contributed by atoms with E-state index in [0.29, 0.717) is 22.4 Å². The number of hydrogen-bond donors (Lipinski definition) is 1. The topological polar surface area (TPSA) is 68.4 Å². The summed E-state index contributed by atoms with van der Waals surface area (Å²) in [6, 6.07) is 5.35. The zero-order chi connectivity index (χ0) is 16.0. The molecule has 0 saturated heterocycles. The molecule has 3 aromatic rings. The summed E-state index contributed by atoms with van der Waals surface area (Å²) < 4.78 is 3.18. The number of fused-ring (bicyclic) bond motifs is 2. The van der Waals surface area contributed by atoms with Crippen LogP contribution in [0.2, 0.25) is 0 Å². The van der Waals surface area contributed by atoms with Gasteiger partial charge in [0, 0.05) is 19.3 Å². The maximum atomic E-state index is 12.6. The number of nitrogens with one attached hydrogen (secondary N) is 1. The zero-order valence-corrected chi connectivity index (χ0v) is 13.0. The first-order chi connectivity index (χ1) is 10.4. The average molecular weight is 298 g/mol. The molecule has 0 saturated carbocycles. The number of pyridine rings is 1. The highest BCUT2D eigenvalue weighted by atomic mass is 16.2. The minimum atomic E-state index is -0.208. The molecule has 0 aliphatic rings. The highest BCUT2D eigenvalue weighted by Gasteiger charge is 2.18. The van der Waals surface area contributed by atoms with Crippen LogP contribution >= 0.6 is 0 Å². The summed E-state index contributed by atoms with van der Waals surface area (Å²) in [7, 11) is 1.74. The molecule has 0 unspecified atom stereocenters. The van der Waals surface area contributed by atoms with Gasteiger partial charge in [-0.25, -0.2) is 4.98 Å². The molecule has 114 valence electrons. The van der Waals surface area contributed by atoms with Crippen molar-refractivity contribution in [3.8, 4) is 0 Å². The third-order valence-electron chi connectivity index (χ3n) is 3.60. The van der Waals surface area contributed by atoms with Crippen LogP contribution in [0.4, 0.5) is 0 Å². The summed E-state index contributed by atoms with van der Waals surface area (Å²) >= 11 is 0. The molecule has 0 spiro atoms. The number of carbonyl (C=O) groups is 1. The van der Waals surface area contributed by atoms with Gasteiger partial charge in [0.05, 0.1) is 5.39 Å². The molecule has 0 aliphatic carbocycles. The maximum absolute atomic E-state index is 12.6. The Morgan fingerprint density at radius 3 is 2.73 bits per heavy atom. The van der Waals surface area contributed by atoms with Crippen LogP contribution in [-0.2, 0) is 7.05 Å². The smallest absolute Gasteiger partial charge is 0.268 e. The summed E-state index contributed by atoms with van der Waals surface area (Å²) in [4.78, 5) is 29.4. The van der Waals surface area contributed by atoms with Crippen LogP contribution < -0.4 is 10.9 Å². The molecular weight excluding hydrogens is 280 g/mol. The van der Waals surface area contributed by atoms with E-state index < -0.39 is 0 Å². The van der Waals surface area contributed by atoms with Crippen molar-refractivity contribution >= 4 is 22.6 Å². The van der Waals surface area contributed by atoms with E-state index >= 15 is 0 Å². The molecule has 3 rings (SSSR count). The van der Waals surface area contributed by atoms with E-state index in [1.165, 1.54) is 4.40 Å². The number of nitrogens with zero attached hydrogens (tertiary/aromatic N) is 3. The second-order valence-corrected chi connectivity index (χ2v) is 5.81. The molecule has 1 N–H and O–H groups in total. The number of aryl methyl sites for hydroxylation is 2. The maximum Gasteiger partial charge on any atom is 0.268 e. The Kier molecular flexibility index (Phi) is 3.24. The molecule has 6 heteroatoms. The van der Waals surface area contributed by atoms with Crippen LogP contribution in [0.3, 0.4) is 0 Å². The number of hydrogen-bond acceptors (Lipinski definition) is 3. The molecule has 3 heterocycles. The molecule has 3 aromatic heterocycles. The van der Waals surface area contributed by atoms with Gasteiger partial charge in [-0.15, -0.1) is 0 Å². The molecule has 22 heavy (non-hydrogen) atoms. The van der Waals surface area contributed by atoms with Gasteiger partial charge >= 0.3 is 0 Å². The number of rotatable bonds is 2. The van der Waals surface area contributed by atoms with Crippen LogP contribution in [0, 0.1) is 6.92 Å². The van der Waals surface area contributed by atoms with E-state index in [0.717, 1.165) is 5.56 Å². The van der Waals surface area contributed by atoms with Crippen LogP contribution in [0.5, 0.6) is 0 Å². The van der Waals surface area contributed by atoms with Crippen molar-refractivity contribution in [2.45, 2.75) is 26.8 Å². The van der Waals surface area contributed by atoms with Gasteiger partial charge in [-0.3, -0.25) is 14.0 Å². The van der Waals surface area contributed by atoms with Crippen molar-refractivity contribution in [3.05, 3.63) is 46.0 Å². The number of aromatic nitrogens is 3. The van der Waals surface area contributed by atoms with E-state index in [2.05, 4.69) is 10.3 Å². The second kappa shape index (κ2) is 4.98. The Hall–Kier alpha value is -2.63. The number of carbonyl (C=O) groups excluding carboxylic acids is 1. The number of amides is 1. The molecule has 1 amide bonds. The van der Waals surface area contributed by atoms with Crippen molar-refractivity contribution in [2.24, 2.45) is 7.05 Å². The highest BCUT2D eigenvalue weighted by Crippen LogP contribution is 2.15. The lowest BCUT2D eigenvalue weighted by Gasteiger charge is -2.08. The normalized spacial score (nSPS) is 11.5. The molecule has 0 fully saturated rings. The first-order valence-electron chi connectivity index (χ1n) is 7.18. The van der Waals surface area contributed by atoms with Gasteiger partial charge in [0.2, 0.25) is 0 Å². The van der Waals surface area contributed by atoms with Gasteiger partial charge in [0.1, 0.15) is 17.0 Å². The lowest BCUT2D eigenvalue weighted by Crippen LogP contribution is -2.31. The van der Waals surface area contributed by atoms with Gasteiger partial charge in [0.15, 0.2) is 0 Å². The Morgan fingerprint density at radius 1 is 1.32 bits per heavy atom. The fourth-order valence-electron chi connectivity index (χ4n) is 2.53. The predicted molar refractivity (Wildman–Crippen MR) is 85.3 cm³/mol. The van der Waals surface area contributed by atoms with Gasteiger partial charge < -0.3 is 9.88 Å². The van der Waals surface area contributed by atoms with Crippen molar-refractivity contribution in [1.82, 2.24) is 19.3 Å². The third-order valence-corrected chi connectivity index (χ3v) is 3.60. The SMILES string of the molecule is Cc1ccc2nc3c(cc(C(=O)NC(C)C)n3C)c(=O)n2c1. The second-order valence-electron chi connectivity index (χ2n) is 5.81. The predicted octanol–water partition coefficient (Wildman–Crippen LogP) is 1.63. The van der Waals surface area contributed by atoms with Gasteiger partial charge in [-0.2, -0.15) is 0 Å². The lowest BCUT2D eigenvalue weighted by atomic mass is 10.3. The Labute approximate surface area is 127 Å². The van der Waals surface area contributed by atoms with Crippen molar-refractivity contribution in [2.75, 3.05) is 0 Å². The zero-order valence-electron chi connectivity index (χ0n) is 13.0. The van der Waals surface area contributed by atoms with Gasteiger partial charge in [-0.05, 0) is 38.5 Å². The Morgan fingerprint density at radius 2 is 2.05 bits per heavy atom. The Bertz CT molecular complexity index is 950. The van der Waals surface area contributed by atoms with Crippen LogP contribution in [0.15, 0.2) is 29.2 Å². The standard InChI is InChI=1S/C16H18N4O2/c1-9(2)17-15(21)12-7-11-14(19(12)4)18-13-6-5-10(3)8-20(13)16(11)22/h5-9H,1-4H3,(H,17,21).